The van der Waals surface area contributed by atoms with Gasteiger partial charge in [0.15, 0.2) is 5.96 Å². The van der Waals surface area contributed by atoms with E-state index in [4.69, 9.17) is 0 Å². The van der Waals surface area contributed by atoms with Gasteiger partial charge in [0.05, 0.1) is 18.1 Å². The minimum Gasteiger partial charge on any atom is -0.357 e. The highest BCUT2D eigenvalue weighted by Gasteiger charge is 2.02. The molecule has 0 saturated carbocycles. The molecule has 0 amide bonds. The van der Waals surface area contributed by atoms with Crippen molar-refractivity contribution in [2.45, 2.75) is 33.4 Å². The zero-order valence-electron chi connectivity index (χ0n) is 16.9. The highest BCUT2D eigenvalue weighted by atomic mass is 32.1. The lowest BCUT2D eigenvalue weighted by Crippen LogP contribution is -2.38. The standard InChI is InChI=1S/C22H27N5OS/c1-3-23-22(24-12-11-20-25-14-17(2)29-20)26-15-18-7-9-19(10-8-18)16-27-13-5-4-6-21(27)28/h4-10,13-14H,3,11-12,15-16H2,1-2H3,(H2,23,24,26). The Morgan fingerprint density at radius 2 is 1.93 bits per heavy atom. The van der Waals surface area contributed by atoms with Crippen LogP contribution in [-0.2, 0) is 19.5 Å². The van der Waals surface area contributed by atoms with Crippen molar-refractivity contribution in [2.24, 2.45) is 4.99 Å². The fraction of sp³-hybridized carbons (Fsp3) is 0.318. The minimum atomic E-state index is 0.00967. The summed E-state index contributed by atoms with van der Waals surface area (Å²) in [6.07, 6.45) is 4.61. The molecule has 0 bridgehead atoms. The average Bonchev–Trinajstić information content (AvgIpc) is 3.14. The fourth-order valence-corrected chi connectivity index (χ4v) is 3.64. The summed E-state index contributed by atoms with van der Waals surface area (Å²) >= 11 is 1.73. The second kappa shape index (κ2) is 10.6. The molecule has 0 aliphatic heterocycles. The van der Waals surface area contributed by atoms with E-state index in [0.717, 1.165) is 41.6 Å². The van der Waals surface area contributed by atoms with Crippen LogP contribution < -0.4 is 16.2 Å². The molecule has 3 aromatic rings. The summed E-state index contributed by atoms with van der Waals surface area (Å²) in [5, 5.41) is 7.78. The van der Waals surface area contributed by atoms with Gasteiger partial charge in [-0.1, -0.05) is 30.3 Å². The van der Waals surface area contributed by atoms with Crippen LogP contribution in [0.25, 0.3) is 0 Å². The van der Waals surface area contributed by atoms with Crippen molar-refractivity contribution in [1.82, 2.24) is 20.2 Å². The quantitative estimate of drug-likeness (QED) is 0.443. The molecule has 1 aromatic carbocycles. The van der Waals surface area contributed by atoms with Crippen LogP contribution in [0.5, 0.6) is 0 Å². The van der Waals surface area contributed by atoms with Gasteiger partial charge in [0.1, 0.15) is 0 Å². The predicted octanol–water partition coefficient (Wildman–Crippen LogP) is 2.96. The summed E-state index contributed by atoms with van der Waals surface area (Å²) < 4.78 is 1.70. The Bertz CT molecular complexity index is 991. The molecule has 0 fully saturated rings. The Morgan fingerprint density at radius 3 is 2.62 bits per heavy atom. The van der Waals surface area contributed by atoms with Crippen LogP contribution in [0.4, 0.5) is 0 Å². The number of aromatic nitrogens is 2. The maximum atomic E-state index is 11.8. The van der Waals surface area contributed by atoms with E-state index in [9.17, 15) is 4.79 Å². The van der Waals surface area contributed by atoms with Gasteiger partial charge < -0.3 is 15.2 Å². The van der Waals surface area contributed by atoms with Crippen LogP contribution >= 0.6 is 11.3 Å². The predicted molar refractivity (Wildman–Crippen MR) is 120 cm³/mol. The normalized spacial score (nSPS) is 11.4. The first kappa shape index (κ1) is 20.8. The number of nitrogens with one attached hydrogen (secondary N) is 2. The number of nitrogens with zero attached hydrogens (tertiary/aromatic N) is 3. The number of guanidine groups is 1. The molecule has 2 aromatic heterocycles. The van der Waals surface area contributed by atoms with Crippen LogP contribution in [-0.4, -0.2) is 28.6 Å². The zero-order valence-corrected chi connectivity index (χ0v) is 17.7. The molecule has 0 spiro atoms. The lowest BCUT2D eigenvalue weighted by Gasteiger charge is -2.11. The van der Waals surface area contributed by atoms with Crippen molar-refractivity contribution < 1.29 is 0 Å². The van der Waals surface area contributed by atoms with Crippen LogP contribution in [0, 0.1) is 6.92 Å². The molecule has 2 N–H and O–H groups in total. The van der Waals surface area contributed by atoms with Crippen LogP contribution in [0.2, 0.25) is 0 Å². The van der Waals surface area contributed by atoms with E-state index in [-0.39, 0.29) is 5.56 Å². The lowest BCUT2D eigenvalue weighted by molar-refractivity contribution is 0.759. The Labute approximate surface area is 175 Å². The van der Waals surface area contributed by atoms with Gasteiger partial charge in [-0.25, -0.2) is 9.98 Å². The molecule has 29 heavy (non-hydrogen) atoms. The number of benzene rings is 1. The molecule has 7 heteroatoms. The van der Waals surface area contributed by atoms with Gasteiger partial charge in [0.2, 0.25) is 0 Å². The molecule has 0 aliphatic rings. The molecular formula is C22H27N5OS. The number of aliphatic imine (C=N–C) groups is 1. The first-order valence-corrected chi connectivity index (χ1v) is 10.6. The molecule has 0 aliphatic carbocycles. The summed E-state index contributed by atoms with van der Waals surface area (Å²) in [6.45, 7) is 6.91. The molecule has 2 heterocycles. The van der Waals surface area contributed by atoms with E-state index >= 15 is 0 Å². The maximum Gasteiger partial charge on any atom is 0.250 e. The number of hydrogen-bond donors (Lipinski definition) is 2. The van der Waals surface area contributed by atoms with Crippen molar-refractivity contribution in [3.63, 3.8) is 0 Å². The third-order valence-corrected chi connectivity index (χ3v) is 5.31. The third-order valence-electron chi connectivity index (χ3n) is 4.34. The van der Waals surface area contributed by atoms with E-state index in [2.05, 4.69) is 58.7 Å². The Morgan fingerprint density at radius 1 is 1.14 bits per heavy atom. The summed E-state index contributed by atoms with van der Waals surface area (Å²) in [7, 11) is 0. The van der Waals surface area contributed by atoms with Crippen LogP contribution in [0.1, 0.15) is 27.9 Å². The van der Waals surface area contributed by atoms with E-state index in [1.165, 1.54) is 4.88 Å². The molecule has 0 atom stereocenters. The van der Waals surface area contributed by atoms with Crippen molar-refractivity contribution in [3.05, 3.63) is 86.2 Å². The SMILES string of the molecule is CCNC(=NCc1ccc(Cn2ccccc2=O)cc1)NCCc1ncc(C)s1. The summed E-state index contributed by atoms with van der Waals surface area (Å²) in [4.78, 5) is 22.1. The number of pyridine rings is 1. The van der Waals surface area contributed by atoms with Gasteiger partial charge >= 0.3 is 0 Å². The van der Waals surface area contributed by atoms with Crippen molar-refractivity contribution in [3.8, 4) is 0 Å². The Kier molecular flexibility index (Phi) is 7.58. The zero-order chi connectivity index (χ0) is 20.5. The fourth-order valence-electron chi connectivity index (χ4n) is 2.85. The molecule has 3 rings (SSSR count). The van der Waals surface area contributed by atoms with E-state index in [0.29, 0.717) is 13.1 Å². The molecule has 0 unspecified atom stereocenters. The highest BCUT2D eigenvalue weighted by molar-refractivity contribution is 7.11. The molecule has 0 saturated heterocycles. The lowest BCUT2D eigenvalue weighted by atomic mass is 10.1. The smallest absolute Gasteiger partial charge is 0.250 e. The van der Waals surface area contributed by atoms with Gasteiger partial charge in [-0.2, -0.15) is 0 Å². The highest BCUT2D eigenvalue weighted by Crippen LogP contribution is 2.11. The van der Waals surface area contributed by atoms with Crippen molar-refractivity contribution in [2.75, 3.05) is 13.1 Å². The van der Waals surface area contributed by atoms with Crippen molar-refractivity contribution >= 4 is 17.3 Å². The first-order chi connectivity index (χ1) is 14.1. The van der Waals surface area contributed by atoms with Crippen LogP contribution in [0.15, 0.2) is 64.6 Å². The molecular weight excluding hydrogens is 382 g/mol. The van der Waals surface area contributed by atoms with E-state index < -0.39 is 0 Å². The molecule has 6 nitrogen and oxygen atoms in total. The monoisotopic (exact) mass is 409 g/mol. The number of rotatable bonds is 8. The Balaban J connectivity index is 1.54. The molecule has 0 radical (unpaired) electrons. The third kappa shape index (κ3) is 6.57. The summed E-state index contributed by atoms with van der Waals surface area (Å²) in [6, 6.07) is 13.4. The Hall–Kier alpha value is -2.93. The van der Waals surface area contributed by atoms with Gasteiger partial charge in [-0.15, -0.1) is 11.3 Å². The van der Waals surface area contributed by atoms with E-state index in [1.54, 1.807) is 28.0 Å². The topological polar surface area (TPSA) is 71.3 Å². The summed E-state index contributed by atoms with van der Waals surface area (Å²) in [5.41, 5.74) is 2.23. The van der Waals surface area contributed by atoms with Crippen LogP contribution in [0.3, 0.4) is 0 Å². The number of aryl methyl sites for hydroxylation is 1. The van der Waals surface area contributed by atoms with Gasteiger partial charge in [-0.05, 0) is 31.0 Å². The van der Waals surface area contributed by atoms with Gasteiger partial charge in [-0.3, -0.25) is 4.79 Å². The number of hydrogen-bond acceptors (Lipinski definition) is 4. The van der Waals surface area contributed by atoms with Gasteiger partial charge in [0.25, 0.3) is 5.56 Å². The maximum absolute atomic E-state index is 11.8. The first-order valence-electron chi connectivity index (χ1n) is 9.81. The summed E-state index contributed by atoms with van der Waals surface area (Å²) in [5.74, 6) is 0.806. The minimum absolute atomic E-state index is 0.00967. The second-order valence-corrected chi connectivity index (χ2v) is 8.04. The second-order valence-electron chi connectivity index (χ2n) is 6.72. The number of thiazole rings is 1. The largest absolute Gasteiger partial charge is 0.357 e. The average molecular weight is 410 g/mol. The van der Waals surface area contributed by atoms with Crippen molar-refractivity contribution in [1.29, 1.82) is 0 Å². The van der Waals surface area contributed by atoms with Gasteiger partial charge in [0, 0.05) is 42.8 Å². The molecule has 152 valence electrons. The van der Waals surface area contributed by atoms with E-state index in [1.807, 2.05) is 18.5 Å².